The number of nitrogens with one attached hydrogen (secondary N) is 1. The number of fused-ring (bicyclic) bond motifs is 1. The zero-order valence-corrected chi connectivity index (χ0v) is 15.1. The lowest BCUT2D eigenvalue weighted by atomic mass is 10.1. The van der Waals surface area contributed by atoms with Gasteiger partial charge in [0.15, 0.2) is 0 Å². The van der Waals surface area contributed by atoms with E-state index in [0.717, 1.165) is 29.0 Å². The highest BCUT2D eigenvalue weighted by Crippen LogP contribution is 2.35. The molecule has 142 valence electrons. The SMILES string of the molecule is CCOc1cc2c(cc1CNC(=O)/C=C/c1ccc([N+](=O)[O-])o1)O[C@H](C)C2. The van der Waals surface area contributed by atoms with Gasteiger partial charge >= 0.3 is 5.88 Å². The monoisotopic (exact) mass is 372 g/mol. The van der Waals surface area contributed by atoms with Crippen molar-refractivity contribution < 1.29 is 23.6 Å². The third-order valence-corrected chi connectivity index (χ3v) is 4.02. The molecule has 2 aromatic rings. The number of benzene rings is 1. The number of carbonyl (C=O) groups excluding carboxylic acids is 1. The number of furan rings is 1. The average molecular weight is 372 g/mol. The van der Waals surface area contributed by atoms with Crippen LogP contribution in [-0.4, -0.2) is 23.5 Å². The van der Waals surface area contributed by atoms with Crippen LogP contribution in [0.15, 0.2) is 34.8 Å². The van der Waals surface area contributed by atoms with Crippen LogP contribution in [0, 0.1) is 10.1 Å². The Morgan fingerprint density at radius 3 is 2.96 bits per heavy atom. The molecule has 0 aliphatic carbocycles. The molecule has 3 rings (SSSR count). The Bertz CT molecular complexity index is 886. The molecule has 0 radical (unpaired) electrons. The van der Waals surface area contributed by atoms with Crippen LogP contribution in [0.1, 0.15) is 30.7 Å². The molecule has 0 fully saturated rings. The van der Waals surface area contributed by atoms with E-state index in [2.05, 4.69) is 5.32 Å². The fourth-order valence-electron chi connectivity index (χ4n) is 2.84. The zero-order valence-electron chi connectivity index (χ0n) is 15.1. The van der Waals surface area contributed by atoms with E-state index >= 15 is 0 Å². The van der Waals surface area contributed by atoms with Gasteiger partial charge in [-0.25, -0.2) is 0 Å². The molecule has 0 unspecified atom stereocenters. The minimum absolute atomic E-state index is 0.125. The highest BCUT2D eigenvalue weighted by molar-refractivity contribution is 5.91. The highest BCUT2D eigenvalue weighted by atomic mass is 16.6. The number of hydrogen-bond acceptors (Lipinski definition) is 6. The number of amides is 1. The van der Waals surface area contributed by atoms with Gasteiger partial charge in [-0.1, -0.05) is 0 Å². The second kappa shape index (κ2) is 7.94. The van der Waals surface area contributed by atoms with Gasteiger partial charge in [0.2, 0.25) is 5.91 Å². The summed E-state index contributed by atoms with van der Waals surface area (Å²) in [5.41, 5.74) is 1.92. The van der Waals surface area contributed by atoms with Crippen LogP contribution in [0.5, 0.6) is 11.5 Å². The second-order valence-corrected chi connectivity index (χ2v) is 6.12. The van der Waals surface area contributed by atoms with E-state index in [1.807, 2.05) is 26.0 Å². The number of ether oxygens (including phenoxy) is 2. The smallest absolute Gasteiger partial charge is 0.433 e. The van der Waals surface area contributed by atoms with Crippen LogP contribution < -0.4 is 14.8 Å². The topological polar surface area (TPSA) is 104 Å². The maximum absolute atomic E-state index is 12.0. The van der Waals surface area contributed by atoms with E-state index in [4.69, 9.17) is 13.9 Å². The summed E-state index contributed by atoms with van der Waals surface area (Å²) in [5, 5.41) is 13.3. The summed E-state index contributed by atoms with van der Waals surface area (Å²) in [5.74, 6) is 1.04. The number of rotatable bonds is 7. The second-order valence-electron chi connectivity index (χ2n) is 6.12. The Balaban J connectivity index is 1.65. The van der Waals surface area contributed by atoms with Crippen LogP contribution in [0.3, 0.4) is 0 Å². The van der Waals surface area contributed by atoms with E-state index in [-0.39, 0.29) is 30.2 Å². The average Bonchev–Trinajstić information content (AvgIpc) is 3.23. The molecule has 1 aromatic carbocycles. The third kappa shape index (κ3) is 4.46. The van der Waals surface area contributed by atoms with Crippen LogP contribution in [0.25, 0.3) is 6.08 Å². The summed E-state index contributed by atoms with van der Waals surface area (Å²) in [6.07, 6.45) is 3.59. The van der Waals surface area contributed by atoms with Gasteiger partial charge in [0.25, 0.3) is 0 Å². The fourth-order valence-corrected chi connectivity index (χ4v) is 2.84. The van der Waals surface area contributed by atoms with Gasteiger partial charge in [0, 0.05) is 30.2 Å². The molecule has 0 saturated heterocycles. The molecule has 1 aliphatic heterocycles. The van der Waals surface area contributed by atoms with E-state index in [1.165, 1.54) is 24.3 Å². The van der Waals surface area contributed by atoms with Crippen LogP contribution in [0.2, 0.25) is 0 Å². The molecule has 0 saturated carbocycles. The van der Waals surface area contributed by atoms with Gasteiger partial charge in [0.1, 0.15) is 28.3 Å². The van der Waals surface area contributed by atoms with Crippen molar-refractivity contribution in [3.05, 3.63) is 57.3 Å². The first-order chi connectivity index (χ1) is 13.0. The molecule has 1 aromatic heterocycles. The fraction of sp³-hybridized carbons (Fsp3) is 0.316. The molecule has 8 nitrogen and oxygen atoms in total. The summed E-state index contributed by atoms with van der Waals surface area (Å²) in [6, 6.07) is 6.51. The summed E-state index contributed by atoms with van der Waals surface area (Å²) in [4.78, 5) is 22.0. The van der Waals surface area contributed by atoms with Gasteiger partial charge in [-0.2, -0.15) is 0 Å². The number of carbonyl (C=O) groups is 1. The summed E-state index contributed by atoms with van der Waals surface area (Å²) in [7, 11) is 0. The quantitative estimate of drug-likeness (QED) is 0.455. The normalized spacial score (nSPS) is 15.4. The molecule has 1 aliphatic rings. The van der Waals surface area contributed by atoms with Crippen molar-refractivity contribution in [3.63, 3.8) is 0 Å². The van der Waals surface area contributed by atoms with Crippen LogP contribution in [0.4, 0.5) is 5.88 Å². The number of nitro groups is 1. The van der Waals surface area contributed by atoms with Crippen molar-refractivity contribution in [2.75, 3.05) is 6.61 Å². The van der Waals surface area contributed by atoms with Gasteiger partial charge in [-0.3, -0.25) is 14.9 Å². The number of hydrogen-bond donors (Lipinski definition) is 1. The molecule has 2 heterocycles. The summed E-state index contributed by atoms with van der Waals surface area (Å²) < 4.78 is 16.4. The zero-order chi connectivity index (χ0) is 19.4. The first-order valence-electron chi connectivity index (χ1n) is 8.61. The third-order valence-electron chi connectivity index (χ3n) is 4.02. The van der Waals surface area contributed by atoms with Crippen molar-refractivity contribution >= 4 is 17.9 Å². The predicted octanol–water partition coefficient (Wildman–Crippen LogP) is 3.24. The molecule has 1 N–H and O–H groups in total. The first-order valence-corrected chi connectivity index (χ1v) is 8.61. The minimum Gasteiger partial charge on any atom is -0.494 e. The van der Waals surface area contributed by atoms with Gasteiger partial charge in [0.05, 0.1) is 12.7 Å². The minimum atomic E-state index is -0.635. The standard InChI is InChI=1S/C19H20N2O6/c1-3-25-16-9-13-8-12(2)26-17(13)10-14(16)11-20-18(22)6-4-15-5-7-19(27-15)21(23)24/h4-7,9-10,12H,3,8,11H2,1-2H3,(H,20,22)/b6-4+/t12-/m1/s1. The molecule has 27 heavy (non-hydrogen) atoms. The molecule has 1 atom stereocenters. The molecule has 0 spiro atoms. The Morgan fingerprint density at radius 1 is 1.44 bits per heavy atom. The Labute approximate surface area is 155 Å². The Hall–Kier alpha value is -3.29. The summed E-state index contributed by atoms with van der Waals surface area (Å²) >= 11 is 0. The van der Waals surface area contributed by atoms with E-state index in [1.54, 1.807) is 0 Å². The molecule has 1 amide bonds. The van der Waals surface area contributed by atoms with E-state index < -0.39 is 4.92 Å². The van der Waals surface area contributed by atoms with Gasteiger partial charge < -0.3 is 19.2 Å². The van der Waals surface area contributed by atoms with Crippen molar-refractivity contribution in [1.29, 1.82) is 0 Å². The molecule has 0 bridgehead atoms. The lowest BCUT2D eigenvalue weighted by Gasteiger charge is -2.12. The van der Waals surface area contributed by atoms with Crippen molar-refractivity contribution in [1.82, 2.24) is 5.32 Å². The van der Waals surface area contributed by atoms with Crippen LogP contribution in [-0.2, 0) is 17.8 Å². The first kappa shape index (κ1) is 18.5. The van der Waals surface area contributed by atoms with Crippen molar-refractivity contribution in [3.8, 4) is 11.5 Å². The predicted molar refractivity (Wildman–Crippen MR) is 97.6 cm³/mol. The lowest BCUT2D eigenvalue weighted by molar-refractivity contribution is -0.402. The van der Waals surface area contributed by atoms with E-state index in [0.29, 0.717) is 6.61 Å². The maximum Gasteiger partial charge on any atom is 0.433 e. The Kier molecular flexibility index (Phi) is 5.44. The summed E-state index contributed by atoms with van der Waals surface area (Å²) in [6.45, 7) is 4.70. The number of nitrogens with zero attached hydrogens (tertiary/aromatic N) is 1. The van der Waals surface area contributed by atoms with E-state index in [9.17, 15) is 14.9 Å². The largest absolute Gasteiger partial charge is 0.494 e. The van der Waals surface area contributed by atoms with Crippen molar-refractivity contribution in [2.24, 2.45) is 0 Å². The highest BCUT2D eigenvalue weighted by Gasteiger charge is 2.22. The van der Waals surface area contributed by atoms with Gasteiger partial charge in [-0.15, -0.1) is 0 Å². The van der Waals surface area contributed by atoms with Gasteiger partial charge in [-0.05, 0) is 38.1 Å². The van der Waals surface area contributed by atoms with Crippen LogP contribution >= 0.6 is 0 Å². The van der Waals surface area contributed by atoms with Crippen molar-refractivity contribution in [2.45, 2.75) is 32.9 Å². The maximum atomic E-state index is 12.0. The Morgan fingerprint density at radius 2 is 2.26 bits per heavy atom. The molecule has 8 heteroatoms. The molecular weight excluding hydrogens is 352 g/mol. The molecular formula is C19H20N2O6. The lowest BCUT2D eigenvalue weighted by Crippen LogP contribution is -2.20.